The second kappa shape index (κ2) is 8.62. The highest BCUT2D eigenvalue weighted by Gasteiger charge is 2.13. The van der Waals surface area contributed by atoms with Crippen molar-refractivity contribution in [1.82, 2.24) is 0 Å². The molecule has 3 rings (SSSR count). The second-order valence-electron chi connectivity index (χ2n) is 5.67. The minimum Gasteiger partial charge on any atom is -0.486 e. The van der Waals surface area contributed by atoms with Crippen LogP contribution in [0.1, 0.15) is 5.56 Å². The number of aryl methyl sites for hydroxylation is 1. The number of hydrogen-bond acceptors (Lipinski definition) is 6. The van der Waals surface area contributed by atoms with Gasteiger partial charge in [-0.2, -0.15) is 0 Å². The van der Waals surface area contributed by atoms with Crippen LogP contribution in [0.15, 0.2) is 47.4 Å². The van der Waals surface area contributed by atoms with Gasteiger partial charge in [0.05, 0.1) is 5.75 Å². The first kappa shape index (κ1) is 18.1. The summed E-state index contributed by atoms with van der Waals surface area (Å²) in [5.41, 5.74) is 1.72. The Bertz CT molecular complexity index is 808. The number of anilines is 1. The number of carbonyl (C=O) groups is 2. The topological polar surface area (TPSA) is 73.9 Å². The minimum atomic E-state index is -0.454. The summed E-state index contributed by atoms with van der Waals surface area (Å²) in [5, 5.41) is 2.69. The van der Waals surface area contributed by atoms with Gasteiger partial charge in [-0.25, -0.2) is 0 Å². The molecular weight excluding hydrogens is 354 g/mol. The molecule has 1 heterocycles. The van der Waals surface area contributed by atoms with Crippen molar-refractivity contribution in [2.45, 2.75) is 11.8 Å². The molecule has 26 heavy (non-hydrogen) atoms. The van der Waals surface area contributed by atoms with E-state index in [2.05, 4.69) is 5.32 Å². The smallest absolute Gasteiger partial charge is 0.316 e. The molecule has 0 spiro atoms. The molecule has 0 aromatic heterocycles. The quantitative estimate of drug-likeness (QED) is 0.620. The number of ether oxygens (including phenoxy) is 3. The van der Waals surface area contributed by atoms with Crippen molar-refractivity contribution in [1.29, 1.82) is 0 Å². The number of carbonyl (C=O) groups excluding carboxylic acids is 2. The lowest BCUT2D eigenvalue weighted by atomic mass is 10.2. The third kappa shape index (κ3) is 5.16. The van der Waals surface area contributed by atoms with Gasteiger partial charge in [0.2, 0.25) is 0 Å². The molecule has 2 aromatic carbocycles. The van der Waals surface area contributed by atoms with Crippen LogP contribution in [-0.2, 0) is 14.3 Å². The van der Waals surface area contributed by atoms with E-state index in [-0.39, 0.29) is 18.3 Å². The van der Waals surface area contributed by atoms with Crippen molar-refractivity contribution in [2.75, 3.05) is 30.9 Å². The van der Waals surface area contributed by atoms with Gasteiger partial charge in [-0.3, -0.25) is 9.59 Å². The zero-order valence-electron chi connectivity index (χ0n) is 14.3. The van der Waals surface area contributed by atoms with Crippen LogP contribution < -0.4 is 14.8 Å². The van der Waals surface area contributed by atoms with E-state index in [1.54, 1.807) is 6.07 Å². The zero-order valence-corrected chi connectivity index (χ0v) is 15.1. The second-order valence-corrected chi connectivity index (χ2v) is 6.72. The molecule has 0 aliphatic carbocycles. The molecule has 136 valence electrons. The SMILES string of the molecule is Cc1cccc(NC(=O)COC(=O)CSc2ccc3c(c2)OCCO3)c1. The molecule has 1 N–H and O–H groups in total. The zero-order chi connectivity index (χ0) is 18.4. The molecule has 1 aliphatic heterocycles. The molecule has 7 heteroatoms. The number of fused-ring (bicyclic) bond motifs is 1. The average molecular weight is 373 g/mol. The molecule has 0 saturated carbocycles. The number of nitrogens with one attached hydrogen (secondary N) is 1. The number of hydrogen-bond donors (Lipinski definition) is 1. The molecule has 2 aromatic rings. The van der Waals surface area contributed by atoms with Gasteiger partial charge < -0.3 is 19.5 Å². The van der Waals surface area contributed by atoms with Crippen molar-refractivity contribution < 1.29 is 23.8 Å². The van der Waals surface area contributed by atoms with E-state index in [9.17, 15) is 9.59 Å². The Kier molecular flexibility index (Phi) is 6.01. The Hall–Kier alpha value is -2.67. The van der Waals surface area contributed by atoms with E-state index < -0.39 is 5.97 Å². The molecule has 1 amide bonds. The van der Waals surface area contributed by atoms with E-state index in [1.165, 1.54) is 11.8 Å². The summed E-state index contributed by atoms with van der Waals surface area (Å²) in [7, 11) is 0. The Morgan fingerprint density at radius 2 is 1.92 bits per heavy atom. The van der Waals surface area contributed by atoms with Crippen LogP contribution in [0.3, 0.4) is 0 Å². The summed E-state index contributed by atoms with van der Waals surface area (Å²) in [4.78, 5) is 24.5. The van der Waals surface area contributed by atoms with Gasteiger partial charge in [-0.15, -0.1) is 11.8 Å². The van der Waals surface area contributed by atoms with Gasteiger partial charge in [-0.1, -0.05) is 12.1 Å². The average Bonchev–Trinajstić information content (AvgIpc) is 2.64. The summed E-state index contributed by atoms with van der Waals surface area (Å²) < 4.78 is 16.0. The number of esters is 1. The van der Waals surface area contributed by atoms with Gasteiger partial charge in [0.25, 0.3) is 5.91 Å². The first-order valence-corrected chi connectivity index (χ1v) is 9.13. The maximum atomic E-state index is 11.8. The number of thioether (sulfide) groups is 1. The Morgan fingerprint density at radius 1 is 1.12 bits per heavy atom. The van der Waals surface area contributed by atoms with E-state index in [1.807, 2.05) is 43.3 Å². The van der Waals surface area contributed by atoms with Crippen LogP contribution >= 0.6 is 11.8 Å². The Labute approximate surface area is 155 Å². The van der Waals surface area contributed by atoms with Crippen molar-refractivity contribution in [2.24, 2.45) is 0 Å². The van der Waals surface area contributed by atoms with Crippen molar-refractivity contribution in [3.8, 4) is 11.5 Å². The van der Waals surface area contributed by atoms with Crippen molar-refractivity contribution in [3.63, 3.8) is 0 Å². The monoisotopic (exact) mass is 373 g/mol. The summed E-state index contributed by atoms with van der Waals surface area (Å²) in [6, 6.07) is 12.9. The van der Waals surface area contributed by atoms with Gasteiger partial charge in [0, 0.05) is 10.6 Å². The highest BCUT2D eigenvalue weighted by molar-refractivity contribution is 8.00. The standard InChI is InChI=1S/C19H19NO5S/c1-13-3-2-4-14(9-13)20-18(21)11-25-19(22)12-26-15-5-6-16-17(10-15)24-8-7-23-16/h2-6,9-10H,7-8,11-12H2,1H3,(H,20,21). The molecule has 0 atom stereocenters. The van der Waals surface area contributed by atoms with Crippen LogP contribution in [0.5, 0.6) is 11.5 Å². The molecule has 0 unspecified atom stereocenters. The Morgan fingerprint density at radius 3 is 2.73 bits per heavy atom. The molecule has 0 radical (unpaired) electrons. The third-order valence-electron chi connectivity index (χ3n) is 3.54. The Balaban J connectivity index is 1.42. The number of benzene rings is 2. The first-order valence-electron chi connectivity index (χ1n) is 8.15. The lowest BCUT2D eigenvalue weighted by Gasteiger charge is -2.18. The number of rotatable bonds is 6. The van der Waals surface area contributed by atoms with Crippen LogP contribution in [-0.4, -0.2) is 37.4 Å². The summed E-state index contributed by atoms with van der Waals surface area (Å²) in [6.07, 6.45) is 0. The van der Waals surface area contributed by atoms with Crippen molar-refractivity contribution in [3.05, 3.63) is 48.0 Å². The number of amides is 1. The fourth-order valence-electron chi connectivity index (χ4n) is 2.36. The van der Waals surface area contributed by atoms with Crippen LogP contribution in [0.25, 0.3) is 0 Å². The highest BCUT2D eigenvalue weighted by atomic mass is 32.2. The highest BCUT2D eigenvalue weighted by Crippen LogP contribution is 2.34. The normalized spacial score (nSPS) is 12.3. The maximum Gasteiger partial charge on any atom is 0.316 e. The van der Waals surface area contributed by atoms with E-state index in [0.29, 0.717) is 30.4 Å². The summed E-state index contributed by atoms with van der Waals surface area (Å²) in [5.74, 6) is 0.665. The van der Waals surface area contributed by atoms with Gasteiger partial charge in [0.1, 0.15) is 13.2 Å². The summed E-state index contributed by atoms with van der Waals surface area (Å²) in [6.45, 7) is 2.68. The van der Waals surface area contributed by atoms with Gasteiger partial charge in [0.15, 0.2) is 18.1 Å². The maximum absolute atomic E-state index is 11.8. The fraction of sp³-hybridized carbons (Fsp3) is 0.263. The first-order chi connectivity index (χ1) is 12.6. The predicted molar refractivity (Wildman–Crippen MR) is 98.9 cm³/mol. The molecular formula is C19H19NO5S. The van der Waals surface area contributed by atoms with Crippen LogP contribution in [0.2, 0.25) is 0 Å². The fourth-order valence-corrected chi connectivity index (χ4v) is 3.09. The van der Waals surface area contributed by atoms with E-state index in [4.69, 9.17) is 14.2 Å². The molecule has 1 aliphatic rings. The third-order valence-corrected chi connectivity index (χ3v) is 4.50. The predicted octanol–water partition coefficient (Wildman–Crippen LogP) is 3.04. The molecule has 0 bridgehead atoms. The molecule has 6 nitrogen and oxygen atoms in total. The van der Waals surface area contributed by atoms with E-state index in [0.717, 1.165) is 10.5 Å². The van der Waals surface area contributed by atoms with Gasteiger partial charge >= 0.3 is 5.97 Å². The lowest BCUT2D eigenvalue weighted by molar-refractivity contribution is -0.144. The molecule has 0 fully saturated rings. The molecule has 0 saturated heterocycles. The van der Waals surface area contributed by atoms with Crippen LogP contribution in [0, 0.1) is 6.92 Å². The van der Waals surface area contributed by atoms with E-state index >= 15 is 0 Å². The lowest BCUT2D eigenvalue weighted by Crippen LogP contribution is -2.21. The van der Waals surface area contributed by atoms with Crippen LogP contribution in [0.4, 0.5) is 5.69 Å². The minimum absolute atomic E-state index is 0.109. The largest absolute Gasteiger partial charge is 0.486 e. The summed E-state index contributed by atoms with van der Waals surface area (Å²) >= 11 is 1.32. The van der Waals surface area contributed by atoms with Gasteiger partial charge in [-0.05, 0) is 42.8 Å². The van der Waals surface area contributed by atoms with Crippen molar-refractivity contribution >= 4 is 29.3 Å².